The van der Waals surface area contributed by atoms with Crippen LogP contribution in [-0.2, 0) is 13.6 Å². The van der Waals surface area contributed by atoms with Gasteiger partial charge in [0.25, 0.3) is 0 Å². The van der Waals surface area contributed by atoms with Crippen molar-refractivity contribution >= 4 is 15.9 Å². The first-order valence-electron chi connectivity index (χ1n) is 5.11. The minimum absolute atomic E-state index is 0.482. The highest BCUT2D eigenvalue weighted by Crippen LogP contribution is 2.22. The number of imidazole rings is 1. The van der Waals surface area contributed by atoms with E-state index in [0.717, 1.165) is 27.2 Å². The van der Waals surface area contributed by atoms with Crippen LogP contribution in [0.3, 0.4) is 0 Å². The molecule has 0 unspecified atom stereocenters. The Morgan fingerprint density at radius 3 is 2.44 bits per heavy atom. The van der Waals surface area contributed by atoms with Gasteiger partial charge in [0, 0.05) is 29.3 Å². The average Bonchev–Trinajstić information content (AvgIpc) is 2.57. The Morgan fingerprint density at radius 2 is 1.94 bits per heavy atom. The van der Waals surface area contributed by atoms with Crippen LogP contribution in [0.15, 0.2) is 28.7 Å². The number of benzene rings is 1. The summed E-state index contributed by atoms with van der Waals surface area (Å²) < 4.78 is 3.15. The Labute approximate surface area is 103 Å². The monoisotopic (exact) mass is 279 g/mol. The molecule has 0 spiro atoms. The van der Waals surface area contributed by atoms with E-state index < -0.39 is 0 Å². The van der Waals surface area contributed by atoms with Crippen molar-refractivity contribution in [3.8, 4) is 11.4 Å². The second-order valence-corrected chi connectivity index (χ2v) is 4.65. The lowest BCUT2D eigenvalue weighted by Gasteiger charge is -2.03. The molecule has 2 rings (SSSR count). The van der Waals surface area contributed by atoms with Gasteiger partial charge in [0.15, 0.2) is 0 Å². The molecule has 2 aromatic rings. The van der Waals surface area contributed by atoms with E-state index in [1.807, 2.05) is 38.2 Å². The second-order valence-electron chi connectivity index (χ2n) is 3.74. The molecule has 2 N–H and O–H groups in total. The Hall–Kier alpha value is -1.13. The van der Waals surface area contributed by atoms with Gasteiger partial charge in [0.1, 0.15) is 5.82 Å². The van der Waals surface area contributed by atoms with Gasteiger partial charge >= 0.3 is 0 Å². The van der Waals surface area contributed by atoms with Gasteiger partial charge in [-0.15, -0.1) is 0 Å². The van der Waals surface area contributed by atoms with Crippen LogP contribution in [0.1, 0.15) is 11.4 Å². The Balaban J connectivity index is 2.52. The van der Waals surface area contributed by atoms with Crippen LogP contribution in [0.25, 0.3) is 11.4 Å². The van der Waals surface area contributed by atoms with E-state index >= 15 is 0 Å². The molecular weight excluding hydrogens is 266 g/mol. The zero-order valence-corrected chi connectivity index (χ0v) is 11.0. The predicted molar refractivity (Wildman–Crippen MR) is 69.0 cm³/mol. The van der Waals surface area contributed by atoms with Crippen molar-refractivity contribution in [3.05, 3.63) is 40.1 Å². The van der Waals surface area contributed by atoms with Gasteiger partial charge in [-0.1, -0.05) is 28.1 Å². The maximum absolute atomic E-state index is 5.65. The van der Waals surface area contributed by atoms with Crippen LogP contribution in [-0.4, -0.2) is 9.55 Å². The summed E-state index contributed by atoms with van der Waals surface area (Å²) in [5.74, 6) is 0.963. The lowest BCUT2D eigenvalue weighted by molar-refractivity contribution is 0.873. The third-order valence-electron chi connectivity index (χ3n) is 2.78. The molecule has 0 aliphatic carbocycles. The van der Waals surface area contributed by atoms with E-state index in [1.54, 1.807) is 0 Å². The van der Waals surface area contributed by atoms with E-state index in [1.165, 1.54) is 0 Å². The highest BCUT2D eigenvalue weighted by Gasteiger charge is 2.11. The lowest BCUT2D eigenvalue weighted by Crippen LogP contribution is -1.99. The predicted octanol–water partition coefficient (Wildman–Crippen LogP) is 2.62. The molecule has 0 bridgehead atoms. The van der Waals surface area contributed by atoms with Gasteiger partial charge < -0.3 is 10.3 Å². The summed E-state index contributed by atoms with van der Waals surface area (Å²) >= 11 is 3.42. The van der Waals surface area contributed by atoms with Gasteiger partial charge in [0.05, 0.1) is 5.69 Å². The number of aromatic nitrogens is 2. The van der Waals surface area contributed by atoms with Crippen molar-refractivity contribution in [1.82, 2.24) is 9.55 Å². The number of hydrogen-bond acceptors (Lipinski definition) is 2. The first-order valence-corrected chi connectivity index (χ1v) is 5.91. The summed E-state index contributed by atoms with van der Waals surface area (Å²) in [4.78, 5) is 4.55. The fourth-order valence-electron chi connectivity index (χ4n) is 1.69. The maximum Gasteiger partial charge on any atom is 0.140 e. The van der Waals surface area contributed by atoms with Crippen LogP contribution < -0.4 is 5.73 Å². The Kier molecular flexibility index (Phi) is 3.12. The Bertz CT molecular complexity index is 500. The fraction of sp³-hybridized carbons (Fsp3) is 0.250. The van der Waals surface area contributed by atoms with E-state index in [4.69, 9.17) is 5.73 Å². The SMILES string of the molecule is Cc1c(CN)nc(-c2ccc(Br)cc2)n1C. The molecular formula is C12H14BrN3. The molecule has 1 aromatic heterocycles. The van der Waals surface area contributed by atoms with Crippen molar-refractivity contribution in [2.24, 2.45) is 12.8 Å². The zero-order chi connectivity index (χ0) is 11.7. The summed E-state index contributed by atoms with van der Waals surface area (Å²) in [5, 5.41) is 0. The van der Waals surface area contributed by atoms with Crippen molar-refractivity contribution in [2.75, 3.05) is 0 Å². The number of rotatable bonds is 2. The summed E-state index contributed by atoms with van der Waals surface area (Å²) in [6.45, 7) is 2.52. The molecule has 1 aromatic carbocycles. The van der Waals surface area contributed by atoms with E-state index in [9.17, 15) is 0 Å². The standard InChI is InChI=1S/C12H14BrN3/c1-8-11(7-14)15-12(16(8)2)9-3-5-10(13)6-4-9/h3-6H,7,14H2,1-2H3. The number of nitrogens with two attached hydrogens (primary N) is 1. The summed E-state index contributed by atoms with van der Waals surface area (Å²) in [5.41, 5.74) is 8.84. The van der Waals surface area contributed by atoms with Crippen LogP contribution >= 0.6 is 15.9 Å². The van der Waals surface area contributed by atoms with Crippen molar-refractivity contribution in [2.45, 2.75) is 13.5 Å². The molecule has 16 heavy (non-hydrogen) atoms. The van der Waals surface area contributed by atoms with E-state index in [0.29, 0.717) is 6.54 Å². The molecule has 0 saturated carbocycles. The van der Waals surface area contributed by atoms with Crippen molar-refractivity contribution in [3.63, 3.8) is 0 Å². The minimum Gasteiger partial charge on any atom is -0.331 e. The summed E-state index contributed by atoms with van der Waals surface area (Å²) in [6, 6.07) is 8.13. The normalized spacial score (nSPS) is 10.8. The number of nitrogens with zero attached hydrogens (tertiary/aromatic N) is 2. The molecule has 1 heterocycles. The molecule has 0 atom stereocenters. The maximum atomic E-state index is 5.65. The molecule has 84 valence electrons. The lowest BCUT2D eigenvalue weighted by atomic mass is 10.2. The molecule has 0 saturated heterocycles. The van der Waals surface area contributed by atoms with Gasteiger partial charge in [-0.3, -0.25) is 0 Å². The van der Waals surface area contributed by atoms with Crippen LogP contribution in [0.5, 0.6) is 0 Å². The minimum atomic E-state index is 0.482. The molecule has 0 radical (unpaired) electrons. The smallest absolute Gasteiger partial charge is 0.140 e. The third kappa shape index (κ3) is 1.90. The third-order valence-corrected chi connectivity index (χ3v) is 3.30. The number of halogens is 1. The molecule has 0 fully saturated rings. The average molecular weight is 280 g/mol. The topological polar surface area (TPSA) is 43.8 Å². The largest absolute Gasteiger partial charge is 0.331 e. The zero-order valence-electron chi connectivity index (χ0n) is 9.37. The van der Waals surface area contributed by atoms with Crippen molar-refractivity contribution < 1.29 is 0 Å². The van der Waals surface area contributed by atoms with Gasteiger partial charge in [0.2, 0.25) is 0 Å². The molecule has 0 aliphatic rings. The fourth-order valence-corrected chi connectivity index (χ4v) is 1.95. The molecule has 0 amide bonds. The first kappa shape index (κ1) is 11.4. The molecule has 4 heteroatoms. The van der Waals surface area contributed by atoms with Gasteiger partial charge in [-0.05, 0) is 19.1 Å². The van der Waals surface area contributed by atoms with Gasteiger partial charge in [-0.2, -0.15) is 0 Å². The van der Waals surface area contributed by atoms with Crippen molar-refractivity contribution in [1.29, 1.82) is 0 Å². The van der Waals surface area contributed by atoms with E-state index in [2.05, 4.69) is 25.5 Å². The van der Waals surface area contributed by atoms with Crippen LogP contribution in [0, 0.1) is 6.92 Å². The van der Waals surface area contributed by atoms with Crippen LogP contribution in [0.4, 0.5) is 0 Å². The first-order chi connectivity index (χ1) is 7.63. The summed E-state index contributed by atoms with van der Waals surface area (Å²) in [7, 11) is 2.01. The highest BCUT2D eigenvalue weighted by molar-refractivity contribution is 9.10. The molecule has 3 nitrogen and oxygen atoms in total. The quantitative estimate of drug-likeness (QED) is 0.919. The number of hydrogen-bond donors (Lipinski definition) is 1. The second kappa shape index (κ2) is 4.39. The van der Waals surface area contributed by atoms with E-state index in [-0.39, 0.29) is 0 Å². The summed E-state index contributed by atoms with van der Waals surface area (Å²) in [6.07, 6.45) is 0. The van der Waals surface area contributed by atoms with Gasteiger partial charge in [-0.25, -0.2) is 4.98 Å². The molecule has 0 aliphatic heterocycles. The Morgan fingerprint density at radius 1 is 1.31 bits per heavy atom. The highest BCUT2D eigenvalue weighted by atomic mass is 79.9. The van der Waals surface area contributed by atoms with Crippen LogP contribution in [0.2, 0.25) is 0 Å².